The Labute approximate surface area is 150 Å². The predicted molar refractivity (Wildman–Crippen MR) is 97.1 cm³/mol. The summed E-state index contributed by atoms with van der Waals surface area (Å²) in [6.45, 7) is 3.70. The van der Waals surface area contributed by atoms with Crippen LogP contribution in [0.25, 0.3) is 0 Å². The number of hydrogen-bond donors (Lipinski definition) is 0. The summed E-state index contributed by atoms with van der Waals surface area (Å²) in [5.41, 5.74) is 1.58. The smallest absolute Gasteiger partial charge is 0.225 e. The summed E-state index contributed by atoms with van der Waals surface area (Å²) in [4.78, 5) is 17.6. The topological polar surface area (TPSA) is 68.9 Å². The van der Waals surface area contributed by atoms with Gasteiger partial charge in [-0.2, -0.15) is 5.26 Å². The highest BCUT2D eigenvalue weighted by Gasteiger charge is 2.25. The van der Waals surface area contributed by atoms with E-state index in [2.05, 4.69) is 46.8 Å². The molecule has 1 saturated heterocycles. The Balaban J connectivity index is 1.69. The minimum absolute atomic E-state index is 0.387. The first-order chi connectivity index (χ1) is 11.6. The third-order valence-corrected chi connectivity index (χ3v) is 4.78. The van der Waals surface area contributed by atoms with Gasteiger partial charge in [0.2, 0.25) is 5.95 Å². The molecule has 1 fully saturated rings. The molecule has 1 aliphatic heterocycles. The third kappa shape index (κ3) is 3.49. The molecule has 124 valence electrons. The van der Waals surface area contributed by atoms with Gasteiger partial charge in [0, 0.05) is 44.3 Å². The first-order valence-electron chi connectivity index (χ1n) is 7.91. The van der Waals surface area contributed by atoms with Gasteiger partial charge in [-0.15, -0.1) is 0 Å². The second-order valence-electron chi connectivity index (χ2n) is 5.97. The molecule has 0 aliphatic carbocycles. The molecule has 0 amide bonds. The van der Waals surface area contributed by atoms with Gasteiger partial charge in [-0.25, -0.2) is 15.0 Å². The van der Waals surface area contributed by atoms with Gasteiger partial charge in [0.15, 0.2) is 0 Å². The monoisotopic (exact) mass is 386 g/mol. The van der Waals surface area contributed by atoms with Gasteiger partial charge in [-0.3, -0.25) is 0 Å². The number of halogens is 1. The number of pyridine rings is 1. The van der Waals surface area contributed by atoms with E-state index in [1.807, 2.05) is 26.1 Å². The lowest BCUT2D eigenvalue weighted by Crippen LogP contribution is -2.44. The summed E-state index contributed by atoms with van der Waals surface area (Å²) in [5.74, 6) is 1.54. The van der Waals surface area contributed by atoms with Crippen LogP contribution >= 0.6 is 15.9 Å². The highest BCUT2D eigenvalue weighted by molar-refractivity contribution is 9.10. The molecule has 0 N–H and O–H groups in total. The number of nitriles is 1. The third-order valence-electron chi connectivity index (χ3n) is 4.37. The zero-order valence-electron chi connectivity index (χ0n) is 13.8. The number of rotatable bonds is 3. The van der Waals surface area contributed by atoms with Crippen LogP contribution in [-0.2, 0) is 0 Å². The van der Waals surface area contributed by atoms with Crippen LogP contribution in [-0.4, -0.2) is 41.1 Å². The lowest BCUT2D eigenvalue weighted by Gasteiger charge is -2.37. The number of nitrogens with zero attached hydrogens (tertiary/aromatic N) is 6. The SMILES string of the molecule is Cc1ccc(C#N)c(N2CCC(N(C)c3ncc(Br)cn3)CC2)n1. The van der Waals surface area contributed by atoms with Gasteiger partial charge in [0.25, 0.3) is 0 Å². The van der Waals surface area contributed by atoms with E-state index >= 15 is 0 Å². The lowest BCUT2D eigenvalue weighted by atomic mass is 10.0. The van der Waals surface area contributed by atoms with E-state index in [4.69, 9.17) is 0 Å². The van der Waals surface area contributed by atoms with Crippen LogP contribution in [0.3, 0.4) is 0 Å². The molecule has 0 unspecified atom stereocenters. The molecular weight excluding hydrogens is 368 g/mol. The van der Waals surface area contributed by atoms with Gasteiger partial charge >= 0.3 is 0 Å². The summed E-state index contributed by atoms with van der Waals surface area (Å²) in [7, 11) is 2.04. The molecule has 0 radical (unpaired) electrons. The van der Waals surface area contributed by atoms with Crippen molar-refractivity contribution in [1.29, 1.82) is 5.26 Å². The summed E-state index contributed by atoms with van der Waals surface area (Å²) >= 11 is 3.36. The van der Waals surface area contributed by atoms with Crippen molar-refractivity contribution in [2.24, 2.45) is 0 Å². The molecular formula is C17H19BrN6. The minimum Gasteiger partial charge on any atom is -0.355 e. The van der Waals surface area contributed by atoms with E-state index in [1.54, 1.807) is 12.4 Å². The Hall–Kier alpha value is -2.20. The molecule has 0 saturated carbocycles. The number of aromatic nitrogens is 3. The van der Waals surface area contributed by atoms with Crippen molar-refractivity contribution in [3.8, 4) is 6.07 Å². The van der Waals surface area contributed by atoms with Gasteiger partial charge in [0.05, 0.1) is 10.0 Å². The van der Waals surface area contributed by atoms with Crippen molar-refractivity contribution in [2.45, 2.75) is 25.8 Å². The Morgan fingerprint density at radius 2 is 1.92 bits per heavy atom. The molecule has 0 bridgehead atoms. The zero-order chi connectivity index (χ0) is 17.1. The van der Waals surface area contributed by atoms with E-state index in [0.717, 1.165) is 47.9 Å². The van der Waals surface area contributed by atoms with Crippen molar-refractivity contribution < 1.29 is 0 Å². The van der Waals surface area contributed by atoms with Gasteiger partial charge in [0.1, 0.15) is 11.9 Å². The molecule has 3 rings (SSSR count). The molecule has 3 heterocycles. The second-order valence-corrected chi connectivity index (χ2v) is 6.88. The molecule has 0 atom stereocenters. The molecule has 7 heteroatoms. The predicted octanol–water partition coefficient (Wildman–Crippen LogP) is 2.92. The minimum atomic E-state index is 0.387. The van der Waals surface area contributed by atoms with Gasteiger partial charge in [-0.1, -0.05) is 0 Å². The molecule has 1 aliphatic rings. The van der Waals surface area contributed by atoms with Gasteiger partial charge in [-0.05, 0) is 47.8 Å². The van der Waals surface area contributed by atoms with E-state index in [9.17, 15) is 5.26 Å². The zero-order valence-corrected chi connectivity index (χ0v) is 15.4. The molecule has 0 spiro atoms. The number of anilines is 2. The van der Waals surface area contributed by atoms with Crippen LogP contribution in [0.1, 0.15) is 24.1 Å². The maximum absolute atomic E-state index is 9.31. The summed E-state index contributed by atoms with van der Waals surface area (Å²) in [6, 6.07) is 6.37. The summed E-state index contributed by atoms with van der Waals surface area (Å²) in [6.07, 6.45) is 5.50. The molecule has 2 aromatic rings. The molecule has 24 heavy (non-hydrogen) atoms. The van der Waals surface area contributed by atoms with Crippen molar-refractivity contribution in [3.63, 3.8) is 0 Å². The number of aryl methyl sites for hydroxylation is 1. The lowest BCUT2D eigenvalue weighted by molar-refractivity contribution is 0.475. The van der Waals surface area contributed by atoms with E-state index in [1.165, 1.54) is 0 Å². The fraction of sp³-hybridized carbons (Fsp3) is 0.412. The first kappa shape index (κ1) is 16.7. The largest absolute Gasteiger partial charge is 0.355 e. The first-order valence-corrected chi connectivity index (χ1v) is 8.71. The second kappa shape index (κ2) is 7.14. The average Bonchev–Trinajstić information content (AvgIpc) is 2.62. The fourth-order valence-corrected chi connectivity index (χ4v) is 3.19. The summed E-state index contributed by atoms with van der Waals surface area (Å²) < 4.78 is 0.879. The van der Waals surface area contributed by atoms with Crippen LogP contribution in [0, 0.1) is 18.3 Å². The quantitative estimate of drug-likeness (QED) is 0.807. The van der Waals surface area contributed by atoms with Gasteiger partial charge < -0.3 is 9.80 Å². The van der Waals surface area contributed by atoms with Crippen LogP contribution in [0.4, 0.5) is 11.8 Å². The highest BCUT2D eigenvalue weighted by atomic mass is 79.9. The van der Waals surface area contributed by atoms with Crippen LogP contribution in [0.15, 0.2) is 29.0 Å². The van der Waals surface area contributed by atoms with E-state index in [0.29, 0.717) is 11.6 Å². The fourth-order valence-electron chi connectivity index (χ4n) is 2.99. The normalized spacial score (nSPS) is 15.2. The van der Waals surface area contributed by atoms with Crippen molar-refractivity contribution in [1.82, 2.24) is 15.0 Å². The summed E-state index contributed by atoms with van der Waals surface area (Å²) in [5, 5.41) is 9.31. The van der Waals surface area contributed by atoms with Crippen molar-refractivity contribution in [3.05, 3.63) is 40.3 Å². The van der Waals surface area contributed by atoms with Crippen molar-refractivity contribution in [2.75, 3.05) is 29.9 Å². The van der Waals surface area contributed by atoms with E-state index in [-0.39, 0.29) is 0 Å². The molecule has 6 nitrogen and oxygen atoms in total. The molecule has 0 aromatic carbocycles. The Morgan fingerprint density at radius 1 is 1.25 bits per heavy atom. The Kier molecular flexibility index (Phi) is 4.95. The Bertz CT molecular complexity index is 747. The standard InChI is InChI=1S/C17H19BrN6/c1-12-3-4-13(9-19)16(22-12)24-7-5-15(6-8-24)23(2)17-20-10-14(18)11-21-17/h3-4,10-11,15H,5-8H2,1-2H3. The van der Waals surface area contributed by atoms with Crippen LogP contribution < -0.4 is 9.80 Å². The average molecular weight is 387 g/mol. The maximum Gasteiger partial charge on any atom is 0.225 e. The highest BCUT2D eigenvalue weighted by Crippen LogP contribution is 2.25. The maximum atomic E-state index is 9.31. The van der Waals surface area contributed by atoms with Crippen molar-refractivity contribution >= 4 is 27.7 Å². The molecule has 2 aromatic heterocycles. The van der Waals surface area contributed by atoms with Crippen LogP contribution in [0.5, 0.6) is 0 Å². The van der Waals surface area contributed by atoms with E-state index < -0.39 is 0 Å². The van der Waals surface area contributed by atoms with Crippen LogP contribution in [0.2, 0.25) is 0 Å². The Morgan fingerprint density at radius 3 is 2.54 bits per heavy atom. The number of hydrogen-bond acceptors (Lipinski definition) is 6. The number of piperidine rings is 1.